The van der Waals surface area contributed by atoms with E-state index >= 15 is 0 Å². The molecule has 4 aromatic carbocycles. The fourth-order valence-electron chi connectivity index (χ4n) is 5.73. The van der Waals surface area contributed by atoms with E-state index in [1.54, 1.807) is 12.2 Å². The number of hydrogen-bond donors (Lipinski definition) is 0. The number of ether oxygens (including phenoxy) is 1. The lowest BCUT2D eigenvalue weighted by Crippen LogP contribution is -2.36. The highest BCUT2D eigenvalue weighted by molar-refractivity contribution is 7.85. The minimum atomic E-state index is -4.40. The molecular weight excluding hydrogens is 653 g/mol. The first kappa shape index (κ1) is 33.2. The van der Waals surface area contributed by atoms with Gasteiger partial charge in [0.1, 0.15) is 0 Å². The maximum absolute atomic E-state index is 11.4. The molecule has 2 heterocycles. The molecule has 0 fully saturated rings. The smallest absolute Gasteiger partial charge is 0.374 e. The van der Waals surface area contributed by atoms with Gasteiger partial charge in [0.15, 0.2) is 12.3 Å². The van der Waals surface area contributed by atoms with E-state index in [-0.39, 0.29) is 25.9 Å². The summed E-state index contributed by atoms with van der Waals surface area (Å²) in [4.78, 5) is 1.85. The summed E-state index contributed by atoms with van der Waals surface area (Å²) in [7, 11) is -8.80. The Morgan fingerprint density at radius 1 is 0.771 bits per heavy atom. The number of benzene rings is 4. The molecule has 5 aromatic rings. The van der Waals surface area contributed by atoms with Crippen LogP contribution in [0.3, 0.4) is 0 Å². The quantitative estimate of drug-likeness (QED) is 0.113. The van der Waals surface area contributed by atoms with Gasteiger partial charge in [-0.1, -0.05) is 72.8 Å². The molecule has 0 N–H and O–H groups in total. The van der Waals surface area contributed by atoms with Crippen LogP contribution in [0.25, 0.3) is 39.4 Å². The number of oxazole rings is 1. The number of aryl methyl sites for hydroxylation is 1. The molecule has 12 heteroatoms. The molecule has 248 valence electrons. The molecule has 48 heavy (non-hydrogen) atoms. The zero-order chi connectivity index (χ0) is 33.9. The zero-order valence-corrected chi connectivity index (χ0v) is 27.7. The predicted molar refractivity (Wildman–Crippen MR) is 182 cm³/mol. The zero-order valence-electron chi connectivity index (χ0n) is 26.1. The third kappa shape index (κ3) is 8.03. The van der Waals surface area contributed by atoms with Crippen molar-refractivity contribution in [2.24, 2.45) is 0 Å². The molecule has 10 nitrogen and oxygen atoms in total. The van der Waals surface area contributed by atoms with Crippen molar-refractivity contribution < 1.29 is 39.7 Å². The molecule has 0 spiro atoms. The van der Waals surface area contributed by atoms with Crippen molar-refractivity contribution in [3.05, 3.63) is 120 Å². The summed E-state index contributed by atoms with van der Waals surface area (Å²) in [6.45, 7) is 2.30. The van der Waals surface area contributed by atoms with Gasteiger partial charge in [-0.05, 0) is 59.4 Å². The van der Waals surface area contributed by atoms with Gasteiger partial charge in [0.05, 0.1) is 32.0 Å². The number of aromatic nitrogens is 1. The monoisotopic (exact) mass is 685 g/mol. The summed E-state index contributed by atoms with van der Waals surface area (Å²) < 4.78 is 82.7. The maximum atomic E-state index is 11.4. The molecule has 1 aliphatic rings. The molecule has 0 atom stereocenters. The molecule has 0 radical (unpaired) electrons. The highest BCUT2D eigenvalue weighted by atomic mass is 32.2. The lowest BCUT2D eigenvalue weighted by molar-refractivity contribution is -0.677. The highest BCUT2D eigenvalue weighted by Gasteiger charge is 2.28. The molecule has 0 amide bonds. The van der Waals surface area contributed by atoms with Crippen molar-refractivity contribution in [2.75, 3.05) is 23.0 Å². The van der Waals surface area contributed by atoms with Gasteiger partial charge in [-0.3, -0.25) is 0 Å². The second kappa shape index (κ2) is 13.8. The standard InChI is InChI=1S/C36H34N2O8S2/c1-26(22-35-37(18-8-20-47(39,40)41)31-24-29(14-16-33(31)45-35)27-10-4-2-5-11-27)23-36-38(19-9-21-48(42,43)44)32-25-30(15-17-34(32)46-36)28-12-6-3-7-13-28/h2-7,10-17,22-25H,8-9,18-21H2,1H3,(H-,39,40,41,42,43,44)/p-1. The van der Waals surface area contributed by atoms with E-state index in [0.717, 1.165) is 39.0 Å². The Hall–Kier alpha value is -4.75. The molecule has 0 bridgehead atoms. The Morgan fingerprint density at radius 2 is 1.38 bits per heavy atom. The second-order valence-corrected chi connectivity index (χ2v) is 14.6. The topological polar surface area (TPSA) is 144 Å². The van der Waals surface area contributed by atoms with Crippen molar-refractivity contribution in [2.45, 2.75) is 26.3 Å². The van der Waals surface area contributed by atoms with E-state index < -0.39 is 31.7 Å². The van der Waals surface area contributed by atoms with Crippen LogP contribution >= 0.6 is 0 Å². The Labute approximate surface area is 279 Å². The Kier molecular flexibility index (Phi) is 9.51. The van der Waals surface area contributed by atoms with Crippen molar-refractivity contribution in [1.82, 2.24) is 0 Å². The van der Waals surface area contributed by atoms with E-state index in [1.165, 1.54) is 0 Å². The van der Waals surface area contributed by atoms with Crippen molar-refractivity contribution in [1.29, 1.82) is 0 Å². The summed E-state index contributed by atoms with van der Waals surface area (Å²) in [5.74, 6) is 0.451. The van der Waals surface area contributed by atoms with Crippen LogP contribution in [0.5, 0.6) is 5.75 Å². The van der Waals surface area contributed by atoms with Crippen molar-refractivity contribution >= 4 is 43.1 Å². The SMILES string of the molecule is CC(=Cc1oc2ccc(-c3ccccc3)cc2[n+]1CCCS(=O)(=O)[O-])C=C1Oc2ccc(-c3ccccc3)cc2N1CCCS(=O)(=O)[O-]. The van der Waals surface area contributed by atoms with Crippen LogP contribution in [0.1, 0.15) is 25.7 Å². The Balaban J connectivity index is 1.37. The van der Waals surface area contributed by atoms with Gasteiger partial charge < -0.3 is 23.2 Å². The molecular formula is C36H33N2O8S2-. The summed E-state index contributed by atoms with van der Waals surface area (Å²) in [5.41, 5.74) is 6.70. The molecule has 0 saturated heterocycles. The van der Waals surface area contributed by atoms with E-state index in [9.17, 15) is 25.9 Å². The van der Waals surface area contributed by atoms with Gasteiger partial charge in [0.2, 0.25) is 11.5 Å². The molecule has 0 aliphatic carbocycles. The minimum absolute atomic E-state index is 0.0975. The lowest BCUT2D eigenvalue weighted by Gasteiger charge is -2.19. The van der Waals surface area contributed by atoms with E-state index in [2.05, 4.69) is 0 Å². The molecule has 6 rings (SSSR count). The number of fused-ring (bicyclic) bond motifs is 2. The third-order valence-corrected chi connectivity index (χ3v) is 9.51. The number of hydrogen-bond acceptors (Lipinski definition) is 9. The number of allylic oxidation sites excluding steroid dienone is 2. The predicted octanol–water partition coefficient (Wildman–Crippen LogP) is 6.07. The number of anilines is 1. The van der Waals surface area contributed by atoms with E-state index in [0.29, 0.717) is 23.1 Å². The first-order chi connectivity index (χ1) is 22.9. The highest BCUT2D eigenvalue weighted by Crippen LogP contribution is 2.42. The van der Waals surface area contributed by atoms with Crippen LogP contribution in [0.4, 0.5) is 5.69 Å². The minimum Gasteiger partial charge on any atom is -0.748 e. The average Bonchev–Trinajstić information content (AvgIpc) is 3.56. The average molecular weight is 686 g/mol. The normalized spacial score (nSPS) is 14.4. The summed E-state index contributed by atoms with van der Waals surface area (Å²) in [5, 5.41) is 0. The van der Waals surface area contributed by atoms with Crippen LogP contribution in [0.15, 0.2) is 119 Å². The van der Waals surface area contributed by atoms with Gasteiger partial charge in [0.25, 0.3) is 5.52 Å². The van der Waals surface area contributed by atoms with Gasteiger partial charge in [0, 0.05) is 36.6 Å². The van der Waals surface area contributed by atoms with Crippen molar-refractivity contribution in [3.8, 4) is 28.0 Å². The number of rotatable bonds is 12. The van der Waals surface area contributed by atoms with Crippen LogP contribution < -0.4 is 14.2 Å². The fraction of sp³-hybridized carbons (Fsp3) is 0.194. The Bertz CT molecular complexity index is 2230. The maximum Gasteiger partial charge on any atom is 0.374 e. The summed E-state index contributed by atoms with van der Waals surface area (Å²) >= 11 is 0. The van der Waals surface area contributed by atoms with Crippen LogP contribution in [0, 0.1) is 0 Å². The first-order valence-corrected chi connectivity index (χ1v) is 18.5. The third-order valence-electron chi connectivity index (χ3n) is 7.93. The van der Waals surface area contributed by atoms with E-state index in [1.807, 2.05) is 113 Å². The molecule has 1 aliphatic heterocycles. The lowest BCUT2D eigenvalue weighted by atomic mass is 10.0. The molecule has 0 saturated carbocycles. The summed E-state index contributed by atoms with van der Waals surface area (Å²) in [6, 6.07) is 31.2. The van der Waals surface area contributed by atoms with Crippen LogP contribution in [-0.4, -0.2) is 44.0 Å². The first-order valence-electron chi connectivity index (χ1n) is 15.4. The van der Waals surface area contributed by atoms with Crippen molar-refractivity contribution in [3.63, 3.8) is 0 Å². The van der Waals surface area contributed by atoms with Crippen LogP contribution in [-0.2, 0) is 26.8 Å². The summed E-state index contributed by atoms with van der Waals surface area (Å²) in [6.07, 6.45) is 3.78. The van der Waals surface area contributed by atoms with Gasteiger partial charge >= 0.3 is 5.89 Å². The Morgan fingerprint density at radius 3 is 2.02 bits per heavy atom. The molecule has 1 aromatic heterocycles. The fourth-order valence-corrected chi connectivity index (χ4v) is 6.69. The van der Waals surface area contributed by atoms with Gasteiger partial charge in [-0.2, -0.15) is 4.57 Å². The van der Waals surface area contributed by atoms with E-state index in [4.69, 9.17) is 9.15 Å². The van der Waals surface area contributed by atoms with Crippen LogP contribution in [0.2, 0.25) is 0 Å². The largest absolute Gasteiger partial charge is 0.748 e. The second-order valence-electron chi connectivity index (χ2n) is 11.5. The van der Waals surface area contributed by atoms with Gasteiger partial charge in [-0.25, -0.2) is 16.8 Å². The van der Waals surface area contributed by atoms with Gasteiger partial charge in [-0.15, -0.1) is 0 Å². The molecule has 0 unspecified atom stereocenters. The number of nitrogens with zero attached hydrogens (tertiary/aromatic N) is 2.